The Morgan fingerprint density at radius 1 is 1.17 bits per heavy atom. The molecular weight excluding hydrogens is 246 g/mol. The van der Waals surface area contributed by atoms with Gasteiger partial charge in [-0.1, -0.05) is 19.9 Å². The average Bonchev–Trinajstić information content (AvgIpc) is 2.25. The van der Waals surface area contributed by atoms with Crippen molar-refractivity contribution in [2.45, 2.75) is 39.5 Å². The predicted molar refractivity (Wildman–Crippen MR) is 62.5 cm³/mol. The Bertz CT molecular complexity index is 398. The van der Waals surface area contributed by atoms with Crippen molar-refractivity contribution in [3.05, 3.63) is 35.1 Å². The zero-order valence-electron chi connectivity index (χ0n) is 10.6. The topological polar surface area (TPSA) is 12.0 Å². The van der Waals surface area contributed by atoms with E-state index in [1.165, 1.54) is 6.07 Å². The average molecular weight is 263 g/mol. The van der Waals surface area contributed by atoms with E-state index in [1.807, 2.05) is 20.8 Å². The molecule has 1 N–H and O–H groups in total. The highest BCUT2D eigenvalue weighted by molar-refractivity contribution is 5.30. The summed E-state index contributed by atoms with van der Waals surface area (Å²) < 4.78 is 51.0. The number of hydrogen-bond acceptors (Lipinski definition) is 1. The number of benzene rings is 1. The molecule has 0 radical (unpaired) electrons. The van der Waals surface area contributed by atoms with Crippen molar-refractivity contribution < 1.29 is 17.6 Å². The zero-order chi connectivity index (χ0) is 13.9. The number of rotatable bonds is 4. The molecule has 18 heavy (non-hydrogen) atoms. The minimum atomic E-state index is -4.53. The SMILES string of the molecule is CC(C)C(C)NCc1ccc(F)cc1C(F)(F)F. The number of halogens is 4. The van der Waals surface area contributed by atoms with Crippen LogP contribution in [0.25, 0.3) is 0 Å². The highest BCUT2D eigenvalue weighted by atomic mass is 19.4. The minimum absolute atomic E-state index is 0.0661. The largest absolute Gasteiger partial charge is 0.416 e. The van der Waals surface area contributed by atoms with Gasteiger partial charge in [0.15, 0.2) is 0 Å². The Labute approximate surface area is 104 Å². The molecule has 0 saturated heterocycles. The van der Waals surface area contributed by atoms with Crippen LogP contribution in [-0.4, -0.2) is 6.04 Å². The summed E-state index contributed by atoms with van der Waals surface area (Å²) in [7, 11) is 0. The van der Waals surface area contributed by atoms with Crippen LogP contribution < -0.4 is 5.32 Å². The van der Waals surface area contributed by atoms with Gasteiger partial charge in [0.05, 0.1) is 5.56 Å². The van der Waals surface area contributed by atoms with Crippen molar-refractivity contribution in [3.8, 4) is 0 Å². The van der Waals surface area contributed by atoms with Crippen LogP contribution in [0.2, 0.25) is 0 Å². The Morgan fingerprint density at radius 3 is 2.28 bits per heavy atom. The van der Waals surface area contributed by atoms with Gasteiger partial charge in [0.25, 0.3) is 0 Å². The third-order valence-electron chi connectivity index (χ3n) is 2.99. The first-order valence-electron chi connectivity index (χ1n) is 5.81. The Kier molecular flexibility index (Phi) is 4.73. The Balaban J connectivity index is 2.89. The van der Waals surface area contributed by atoms with Gasteiger partial charge in [-0.25, -0.2) is 4.39 Å². The van der Waals surface area contributed by atoms with E-state index in [2.05, 4.69) is 5.32 Å². The van der Waals surface area contributed by atoms with E-state index in [4.69, 9.17) is 0 Å². The molecular formula is C13H17F4N. The first-order valence-corrected chi connectivity index (χ1v) is 5.81. The molecule has 0 aliphatic carbocycles. The van der Waals surface area contributed by atoms with Gasteiger partial charge >= 0.3 is 6.18 Å². The molecule has 5 heteroatoms. The molecule has 1 nitrogen and oxygen atoms in total. The smallest absolute Gasteiger partial charge is 0.310 e. The van der Waals surface area contributed by atoms with Gasteiger partial charge in [0.1, 0.15) is 5.82 Å². The highest BCUT2D eigenvalue weighted by Gasteiger charge is 2.33. The van der Waals surface area contributed by atoms with Crippen LogP contribution in [-0.2, 0) is 12.7 Å². The second-order valence-corrected chi connectivity index (χ2v) is 4.71. The maximum Gasteiger partial charge on any atom is 0.416 e. The van der Waals surface area contributed by atoms with E-state index < -0.39 is 17.6 Å². The fourth-order valence-corrected chi connectivity index (χ4v) is 1.47. The number of nitrogens with one attached hydrogen (secondary N) is 1. The van der Waals surface area contributed by atoms with Gasteiger partial charge in [-0.3, -0.25) is 0 Å². The van der Waals surface area contributed by atoms with E-state index in [-0.39, 0.29) is 18.2 Å². The lowest BCUT2D eigenvalue weighted by atomic mass is 10.0. The fourth-order valence-electron chi connectivity index (χ4n) is 1.47. The van der Waals surface area contributed by atoms with Crippen LogP contribution in [0.3, 0.4) is 0 Å². The van der Waals surface area contributed by atoms with Crippen LogP contribution in [0.5, 0.6) is 0 Å². The van der Waals surface area contributed by atoms with E-state index in [9.17, 15) is 17.6 Å². The summed E-state index contributed by atoms with van der Waals surface area (Å²) in [6.07, 6.45) is -4.53. The van der Waals surface area contributed by atoms with Gasteiger partial charge in [-0.05, 0) is 30.5 Å². The van der Waals surface area contributed by atoms with Crippen molar-refractivity contribution in [1.29, 1.82) is 0 Å². The third kappa shape index (κ3) is 3.98. The van der Waals surface area contributed by atoms with Crippen molar-refractivity contribution in [1.82, 2.24) is 5.32 Å². The first-order chi connectivity index (χ1) is 8.21. The third-order valence-corrected chi connectivity index (χ3v) is 2.99. The molecule has 0 heterocycles. The minimum Gasteiger partial charge on any atom is -0.310 e. The zero-order valence-corrected chi connectivity index (χ0v) is 10.6. The standard InChI is InChI=1S/C13H17F4N/c1-8(2)9(3)18-7-10-4-5-11(14)6-12(10)13(15,16)17/h4-6,8-9,18H,7H2,1-3H3. The molecule has 0 aliphatic rings. The lowest BCUT2D eigenvalue weighted by Gasteiger charge is -2.19. The Morgan fingerprint density at radius 2 is 1.78 bits per heavy atom. The molecule has 0 amide bonds. The monoisotopic (exact) mass is 263 g/mol. The second-order valence-electron chi connectivity index (χ2n) is 4.71. The highest BCUT2D eigenvalue weighted by Crippen LogP contribution is 2.32. The van der Waals surface area contributed by atoms with E-state index >= 15 is 0 Å². The molecule has 0 saturated carbocycles. The van der Waals surface area contributed by atoms with Gasteiger partial charge in [0, 0.05) is 12.6 Å². The molecule has 102 valence electrons. The van der Waals surface area contributed by atoms with Gasteiger partial charge in [-0.2, -0.15) is 13.2 Å². The molecule has 0 aromatic heterocycles. The van der Waals surface area contributed by atoms with Crippen molar-refractivity contribution >= 4 is 0 Å². The lowest BCUT2D eigenvalue weighted by Crippen LogP contribution is -2.31. The van der Waals surface area contributed by atoms with Crippen LogP contribution in [0.15, 0.2) is 18.2 Å². The van der Waals surface area contributed by atoms with E-state index in [0.717, 1.165) is 6.07 Å². The summed E-state index contributed by atoms with van der Waals surface area (Å²) in [6, 6.07) is 2.86. The van der Waals surface area contributed by atoms with Crippen LogP contribution >= 0.6 is 0 Å². The fraction of sp³-hybridized carbons (Fsp3) is 0.538. The molecule has 0 bridgehead atoms. The first kappa shape index (κ1) is 15.0. The number of hydrogen-bond donors (Lipinski definition) is 1. The molecule has 0 fully saturated rings. The summed E-state index contributed by atoms with van der Waals surface area (Å²) in [5.74, 6) is -0.553. The lowest BCUT2D eigenvalue weighted by molar-refractivity contribution is -0.138. The second kappa shape index (κ2) is 5.69. The molecule has 1 unspecified atom stereocenters. The van der Waals surface area contributed by atoms with E-state index in [1.54, 1.807) is 0 Å². The molecule has 0 spiro atoms. The van der Waals surface area contributed by atoms with Crippen molar-refractivity contribution in [2.75, 3.05) is 0 Å². The van der Waals surface area contributed by atoms with E-state index in [0.29, 0.717) is 12.0 Å². The normalized spacial score (nSPS) is 14.0. The summed E-state index contributed by atoms with van der Waals surface area (Å²) >= 11 is 0. The van der Waals surface area contributed by atoms with Crippen LogP contribution in [0.1, 0.15) is 31.9 Å². The van der Waals surface area contributed by atoms with Gasteiger partial charge < -0.3 is 5.32 Å². The van der Waals surface area contributed by atoms with Crippen molar-refractivity contribution in [3.63, 3.8) is 0 Å². The van der Waals surface area contributed by atoms with Gasteiger partial charge in [-0.15, -0.1) is 0 Å². The maximum atomic E-state index is 12.9. The predicted octanol–water partition coefficient (Wildman–Crippen LogP) is 3.98. The Hall–Kier alpha value is -1.10. The van der Waals surface area contributed by atoms with Crippen LogP contribution in [0.4, 0.5) is 17.6 Å². The van der Waals surface area contributed by atoms with Crippen molar-refractivity contribution in [2.24, 2.45) is 5.92 Å². The summed E-state index contributed by atoms with van der Waals surface area (Å²) in [5, 5.41) is 3.01. The summed E-state index contributed by atoms with van der Waals surface area (Å²) in [4.78, 5) is 0. The number of alkyl halides is 3. The van der Waals surface area contributed by atoms with Crippen LogP contribution in [0, 0.1) is 11.7 Å². The maximum absolute atomic E-state index is 12.9. The summed E-state index contributed by atoms with van der Waals surface area (Å²) in [5.41, 5.74) is -0.845. The quantitative estimate of drug-likeness (QED) is 0.810. The van der Waals surface area contributed by atoms with Gasteiger partial charge in [0.2, 0.25) is 0 Å². The molecule has 1 rings (SSSR count). The molecule has 1 aromatic rings. The molecule has 1 aromatic carbocycles. The molecule has 0 aliphatic heterocycles. The summed E-state index contributed by atoms with van der Waals surface area (Å²) in [6.45, 7) is 5.94. The molecule has 1 atom stereocenters.